The largest absolute Gasteiger partial charge is 0.481 e. The summed E-state index contributed by atoms with van der Waals surface area (Å²) in [5.41, 5.74) is 12.1. The van der Waals surface area contributed by atoms with E-state index in [1.165, 1.54) is 18.2 Å². The Labute approximate surface area is 172 Å². The molecular formula is C19H23N4O6P. The normalized spacial score (nSPS) is 14.7. The summed E-state index contributed by atoms with van der Waals surface area (Å²) in [5, 5.41) is 19.3. The van der Waals surface area contributed by atoms with E-state index in [0.717, 1.165) is 0 Å². The van der Waals surface area contributed by atoms with Gasteiger partial charge in [0.15, 0.2) is 11.7 Å². The minimum absolute atomic E-state index is 0.130. The molecule has 160 valence electrons. The van der Waals surface area contributed by atoms with Crippen molar-refractivity contribution >= 4 is 31.0 Å². The Hall–Kier alpha value is -3.20. The highest BCUT2D eigenvalue weighted by Gasteiger charge is 2.39. The van der Waals surface area contributed by atoms with E-state index in [1.807, 2.05) is 0 Å². The van der Waals surface area contributed by atoms with E-state index in [-0.39, 0.29) is 18.1 Å². The first kappa shape index (κ1) is 23.1. The molecular weight excluding hydrogens is 411 g/mol. The third-order valence-corrected chi connectivity index (χ3v) is 6.18. The quantitative estimate of drug-likeness (QED) is 0.147. The first-order chi connectivity index (χ1) is 14.1. The lowest BCUT2D eigenvalue weighted by Crippen LogP contribution is -2.34. The maximum atomic E-state index is 12.7. The molecule has 10 nitrogen and oxygen atoms in total. The highest BCUT2D eigenvalue weighted by molar-refractivity contribution is 7.59. The number of nitrogens with two attached hydrogens (primary N) is 2. The molecule has 11 heteroatoms. The van der Waals surface area contributed by atoms with Crippen LogP contribution in [0.4, 0.5) is 5.69 Å². The number of anilines is 1. The molecule has 30 heavy (non-hydrogen) atoms. The number of hydrogen-bond acceptors (Lipinski definition) is 6. The molecule has 2 aromatic carbocycles. The average Bonchev–Trinajstić information content (AvgIpc) is 2.70. The number of esters is 1. The standard InChI is InChI=1S/C19H23N4O6P/c20-16(18(26)29-10-12-5-2-1-3-6-12)30(27,28)11-15(17(24)25)13-7-4-8-14(9-13)23-19(21)22/h1-9,15-16H,10-11,20H2,(H,24,25)(H,27,28)(H4,21,22,23). The molecule has 0 bridgehead atoms. The van der Waals surface area contributed by atoms with Crippen molar-refractivity contribution in [3.63, 3.8) is 0 Å². The summed E-state index contributed by atoms with van der Waals surface area (Å²) in [6, 6.07) is 14.6. The SMILES string of the molecule is N=C(N)Nc1cccc(C(CP(=O)(O)C(N)C(=O)OCc2ccccc2)C(=O)O)c1. The Balaban J connectivity index is 2.12. The second kappa shape index (κ2) is 10.0. The maximum Gasteiger partial charge on any atom is 0.333 e. The fourth-order valence-electron chi connectivity index (χ4n) is 2.67. The molecule has 0 radical (unpaired) electrons. The number of ether oxygens (including phenoxy) is 1. The number of hydrogen-bond donors (Lipinski definition) is 6. The number of carbonyl (C=O) groups excluding carboxylic acids is 1. The van der Waals surface area contributed by atoms with Crippen LogP contribution in [0.25, 0.3) is 0 Å². The third-order valence-electron chi connectivity index (χ3n) is 4.21. The van der Waals surface area contributed by atoms with Crippen LogP contribution in [-0.4, -0.2) is 39.8 Å². The lowest BCUT2D eigenvalue weighted by atomic mass is 10.0. The number of carbonyl (C=O) groups is 2. The van der Waals surface area contributed by atoms with Crippen LogP contribution < -0.4 is 16.8 Å². The Kier molecular flexibility index (Phi) is 7.71. The van der Waals surface area contributed by atoms with Crippen molar-refractivity contribution < 1.29 is 28.9 Å². The van der Waals surface area contributed by atoms with Crippen molar-refractivity contribution in [2.75, 3.05) is 11.5 Å². The van der Waals surface area contributed by atoms with Gasteiger partial charge in [-0.25, -0.2) is 4.79 Å². The molecule has 8 N–H and O–H groups in total. The molecule has 2 aromatic rings. The molecule has 2 rings (SSSR count). The van der Waals surface area contributed by atoms with Gasteiger partial charge in [0.2, 0.25) is 7.37 Å². The zero-order valence-electron chi connectivity index (χ0n) is 15.9. The summed E-state index contributed by atoms with van der Waals surface area (Å²) in [5.74, 6) is -6.12. The van der Waals surface area contributed by atoms with Crippen molar-refractivity contribution in [2.45, 2.75) is 18.3 Å². The lowest BCUT2D eigenvalue weighted by molar-refractivity contribution is -0.144. The van der Waals surface area contributed by atoms with Crippen LogP contribution in [0.15, 0.2) is 54.6 Å². The number of aliphatic carboxylic acids is 1. The molecule has 0 aromatic heterocycles. The summed E-state index contributed by atoms with van der Waals surface area (Å²) >= 11 is 0. The van der Waals surface area contributed by atoms with Gasteiger partial charge in [0.1, 0.15) is 6.61 Å². The lowest BCUT2D eigenvalue weighted by Gasteiger charge is -2.22. The van der Waals surface area contributed by atoms with Crippen molar-refractivity contribution in [3.8, 4) is 0 Å². The predicted octanol–water partition coefficient (Wildman–Crippen LogP) is 1.46. The molecule has 0 spiro atoms. The number of nitrogens with one attached hydrogen (secondary N) is 2. The molecule has 0 fully saturated rings. The summed E-state index contributed by atoms with van der Waals surface area (Å²) in [6.45, 7) is -0.130. The molecule has 0 saturated heterocycles. The van der Waals surface area contributed by atoms with Gasteiger partial charge in [0.05, 0.1) is 5.92 Å². The molecule has 0 aliphatic carbocycles. The van der Waals surface area contributed by atoms with Gasteiger partial charge in [-0.2, -0.15) is 0 Å². The Morgan fingerprint density at radius 3 is 2.43 bits per heavy atom. The Morgan fingerprint density at radius 2 is 1.83 bits per heavy atom. The molecule has 0 aliphatic heterocycles. The fourth-order valence-corrected chi connectivity index (χ4v) is 4.19. The van der Waals surface area contributed by atoms with Crippen LogP contribution in [0.3, 0.4) is 0 Å². The van der Waals surface area contributed by atoms with Gasteiger partial charge in [-0.05, 0) is 23.3 Å². The van der Waals surface area contributed by atoms with Gasteiger partial charge < -0.3 is 31.5 Å². The van der Waals surface area contributed by atoms with Gasteiger partial charge in [-0.1, -0.05) is 42.5 Å². The van der Waals surface area contributed by atoms with Gasteiger partial charge in [0, 0.05) is 11.8 Å². The number of benzene rings is 2. The molecule has 3 unspecified atom stereocenters. The summed E-state index contributed by atoms with van der Waals surface area (Å²) in [4.78, 5) is 34.2. The van der Waals surface area contributed by atoms with E-state index in [4.69, 9.17) is 21.6 Å². The number of guanidine groups is 1. The topological polar surface area (TPSA) is 189 Å². The minimum atomic E-state index is -4.44. The highest BCUT2D eigenvalue weighted by atomic mass is 31.2. The van der Waals surface area contributed by atoms with Crippen LogP contribution >= 0.6 is 7.37 Å². The number of carboxylic acid groups (broad SMARTS) is 1. The molecule has 0 aliphatic rings. The highest BCUT2D eigenvalue weighted by Crippen LogP contribution is 2.48. The fraction of sp³-hybridized carbons (Fsp3) is 0.211. The summed E-state index contributed by atoms with van der Waals surface area (Å²) < 4.78 is 17.7. The van der Waals surface area contributed by atoms with Gasteiger partial charge in [-0.15, -0.1) is 0 Å². The van der Waals surface area contributed by atoms with E-state index < -0.39 is 37.2 Å². The van der Waals surface area contributed by atoms with Crippen molar-refractivity contribution in [1.29, 1.82) is 5.41 Å². The first-order valence-corrected chi connectivity index (χ1v) is 10.7. The average molecular weight is 434 g/mol. The van der Waals surface area contributed by atoms with E-state index in [1.54, 1.807) is 36.4 Å². The number of rotatable bonds is 9. The van der Waals surface area contributed by atoms with E-state index in [0.29, 0.717) is 11.3 Å². The van der Waals surface area contributed by atoms with Crippen LogP contribution in [0.2, 0.25) is 0 Å². The Morgan fingerprint density at radius 1 is 1.17 bits per heavy atom. The summed E-state index contributed by atoms with van der Waals surface area (Å²) in [6.07, 6.45) is -0.770. The van der Waals surface area contributed by atoms with Crippen molar-refractivity contribution in [3.05, 3.63) is 65.7 Å². The van der Waals surface area contributed by atoms with Gasteiger partial charge in [-0.3, -0.25) is 14.8 Å². The monoisotopic (exact) mass is 434 g/mol. The molecule has 0 saturated carbocycles. The first-order valence-electron chi connectivity index (χ1n) is 8.81. The second-order valence-corrected chi connectivity index (χ2v) is 8.96. The van der Waals surface area contributed by atoms with Crippen LogP contribution in [0.5, 0.6) is 0 Å². The third kappa shape index (κ3) is 6.41. The van der Waals surface area contributed by atoms with E-state index in [2.05, 4.69) is 5.32 Å². The van der Waals surface area contributed by atoms with Crippen LogP contribution in [-0.2, 0) is 25.5 Å². The summed E-state index contributed by atoms with van der Waals surface area (Å²) in [7, 11) is -4.44. The number of carboxylic acids is 1. The second-order valence-electron chi connectivity index (χ2n) is 6.53. The van der Waals surface area contributed by atoms with Gasteiger partial charge in [0.25, 0.3) is 0 Å². The Bertz CT molecular complexity index is 969. The maximum absolute atomic E-state index is 12.7. The van der Waals surface area contributed by atoms with E-state index >= 15 is 0 Å². The zero-order valence-corrected chi connectivity index (χ0v) is 16.8. The van der Waals surface area contributed by atoms with Crippen LogP contribution in [0, 0.1) is 5.41 Å². The minimum Gasteiger partial charge on any atom is -0.481 e. The van der Waals surface area contributed by atoms with Gasteiger partial charge >= 0.3 is 11.9 Å². The van der Waals surface area contributed by atoms with E-state index in [9.17, 15) is 24.2 Å². The van der Waals surface area contributed by atoms with Crippen molar-refractivity contribution in [2.24, 2.45) is 11.5 Å². The molecule has 3 atom stereocenters. The van der Waals surface area contributed by atoms with Crippen LogP contribution in [0.1, 0.15) is 17.0 Å². The predicted molar refractivity (Wildman–Crippen MR) is 111 cm³/mol. The molecule has 0 amide bonds. The smallest absolute Gasteiger partial charge is 0.333 e. The van der Waals surface area contributed by atoms with Crippen molar-refractivity contribution in [1.82, 2.24) is 0 Å². The molecule has 0 heterocycles. The zero-order chi connectivity index (χ0) is 22.3.